The molecule has 0 aliphatic heterocycles. The highest BCUT2D eigenvalue weighted by molar-refractivity contribution is 7.47. The molecule has 0 aliphatic rings. The first-order valence-electron chi connectivity index (χ1n) is 36.7. The van der Waals surface area contributed by atoms with E-state index in [1.165, 1.54) is 154 Å². The quantitative estimate of drug-likeness (QED) is 0.0222. The molecule has 0 radical (unpaired) electrons. The smallest absolute Gasteiger partial charge is 0.462 e. The van der Waals surface area contributed by atoms with E-state index in [2.05, 4.69) is 55.4 Å². The molecule has 0 aromatic rings. The van der Waals surface area contributed by atoms with Crippen LogP contribution in [0.3, 0.4) is 0 Å². The van der Waals surface area contributed by atoms with E-state index in [1.807, 2.05) is 0 Å². The van der Waals surface area contributed by atoms with Gasteiger partial charge in [0, 0.05) is 25.7 Å². The number of hydrogen-bond acceptors (Lipinski definition) is 15. The summed E-state index contributed by atoms with van der Waals surface area (Å²) < 4.78 is 68.3. The van der Waals surface area contributed by atoms with Crippen molar-refractivity contribution in [3.63, 3.8) is 0 Å². The van der Waals surface area contributed by atoms with Crippen LogP contribution in [0.4, 0.5) is 0 Å². The van der Waals surface area contributed by atoms with Crippen molar-refractivity contribution in [1.29, 1.82) is 0 Å². The van der Waals surface area contributed by atoms with Crippen molar-refractivity contribution in [2.24, 2.45) is 23.7 Å². The molecule has 0 aromatic heterocycles. The number of rotatable bonds is 68. The van der Waals surface area contributed by atoms with Crippen LogP contribution in [-0.2, 0) is 65.4 Å². The average molecular weight is 1330 g/mol. The van der Waals surface area contributed by atoms with Crippen LogP contribution in [0.15, 0.2) is 0 Å². The minimum atomic E-state index is -4.95. The van der Waals surface area contributed by atoms with Crippen molar-refractivity contribution in [2.45, 2.75) is 369 Å². The van der Waals surface area contributed by atoms with Crippen molar-refractivity contribution in [3.8, 4) is 0 Å². The minimum Gasteiger partial charge on any atom is -0.462 e. The fraction of sp³-hybridized carbons (Fsp3) is 0.944. The largest absolute Gasteiger partial charge is 0.472 e. The minimum absolute atomic E-state index is 0.104. The second kappa shape index (κ2) is 60.7. The van der Waals surface area contributed by atoms with Crippen molar-refractivity contribution < 1.29 is 80.2 Å². The topological polar surface area (TPSA) is 237 Å². The van der Waals surface area contributed by atoms with Crippen molar-refractivity contribution in [1.82, 2.24) is 0 Å². The SMILES string of the molecule is CC(C)CCCCCCCCCCCCCC(=O)OC[C@H](COP(=O)(O)OCC(O)COP(=O)(O)OC[C@@H](COC(=O)CCCCCCCCCCC(C)C)OC(=O)CCCCCCCCCCCCCC(C)C)OC(=O)CCCCCCCCCCC(C)C. The summed E-state index contributed by atoms with van der Waals surface area (Å²) in [6.07, 6.45) is 43.1. The number of aliphatic hydroxyl groups is 1. The molecule has 17 nitrogen and oxygen atoms in total. The first-order valence-corrected chi connectivity index (χ1v) is 39.7. The van der Waals surface area contributed by atoms with Gasteiger partial charge in [0.1, 0.15) is 19.3 Å². The number of carbonyl (C=O) groups excluding carboxylic acids is 4. The molecule has 0 saturated heterocycles. The zero-order valence-corrected chi connectivity index (χ0v) is 60.6. The lowest BCUT2D eigenvalue weighted by molar-refractivity contribution is -0.161. The lowest BCUT2D eigenvalue weighted by atomic mass is 10.0. The Hall–Kier alpha value is -1.94. The van der Waals surface area contributed by atoms with Gasteiger partial charge in [0.2, 0.25) is 0 Å². The Kier molecular flexibility index (Phi) is 59.4. The summed E-state index contributed by atoms with van der Waals surface area (Å²) in [4.78, 5) is 72.6. The Balaban J connectivity index is 5.25. The van der Waals surface area contributed by atoms with Gasteiger partial charge in [-0.3, -0.25) is 37.3 Å². The van der Waals surface area contributed by atoms with Crippen LogP contribution in [0.2, 0.25) is 0 Å². The molecule has 0 aliphatic carbocycles. The highest BCUT2D eigenvalue weighted by Gasteiger charge is 2.30. The van der Waals surface area contributed by atoms with E-state index in [0.29, 0.717) is 25.7 Å². The summed E-state index contributed by atoms with van der Waals surface area (Å²) >= 11 is 0. The summed E-state index contributed by atoms with van der Waals surface area (Å²) in [5, 5.41) is 10.6. The van der Waals surface area contributed by atoms with E-state index in [0.717, 1.165) is 114 Å². The molecule has 0 fully saturated rings. The van der Waals surface area contributed by atoms with Gasteiger partial charge in [-0.1, -0.05) is 299 Å². The molecule has 0 amide bonds. The molecule has 19 heteroatoms. The lowest BCUT2D eigenvalue weighted by Crippen LogP contribution is -2.30. The van der Waals surface area contributed by atoms with Crippen LogP contribution in [0.1, 0.15) is 351 Å². The van der Waals surface area contributed by atoms with Crippen LogP contribution in [0, 0.1) is 23.7 Å². The average Bonchev–Trinajstić information content (AvgIpc) is 3.66. The molecule has 0 saturated carbocycles. The van der Waals surface area contributed by atoms with Gasteiger partial charge in [0.25, 0.3) is 0 Å². The number of phosphoric ester groups is 2. The molecule has 3 N–H and O–H groups in total. The van der Waals surface area contributed by atoms with E-state index in [9.17, 15) is 43.2 Å². The first kappa shape index (κ1) is 88.1. The summed E-state index contributed by atoms with van der Waals surface area (Å²) in [7, 11) is -9.90. The molecule has 0 aromatic carbocycles. The maximum atomic E-state index is 13.0. The molecule has 3 unspecified atom stereocenters. The highest BCUT2D eigenvalue weighted by atomic mass is 31.2. The Labute approximate surface area is 549 Å². The number of hydrogen-bond donors (Lipinski definition) is 3. The van der Waals surface area contributed by atoms with Gasteiger partial charge >= 0.3 is 39.5 Å². The molecule has 0 rings (SSSR count). The standard InChI is InChI=1S/C71H138O17P2/c1-61(2)47-39-31-23-15-11-9-13-17-27-35-43-51-68(73)81-57-67(88-71(76)54-46-38-30-22-20-26-34-42-50-64(7)8)60-86-90(79,80)84-56-65(72)55-83-89(77,78)85-59-66(58-82-69(74)52-44-36-28-21-19-25-33-41-49-63(5)6)87-70(75)53-45-37-29-18-14-10-12-16-24-32-40-48-62(3)4/h61-67,72H,9-60H2,1-8H3,(H,77,78)(H,79,80)/t65?,66-,67-/m1/s1. The van der Waals surface area contributed by atoms with Crippen molar-refractivity contribution in [2.75, 3.05) is 39.6 Å². The van der Waals surface area contributed by atoms with Gasteiger partial charge < -0.3 is 33.8 Å². The zero-order valence-electron chi connectivity index (χ0n) is 58.8. The van der Waals surface area contributed by atoms with E-state index in [4.69, 9.17) is 37.0 Å². The summed E-state index contributed by atoms with van der Waals surface area (Å²) in [6.45, 7) is 14.1. The van der Waals surface area contributed by atoms with Crippen molar-refractivity contribution in [3.05, 3.63) is 0 Å². The second-order valence-corrected chi connectivity index (χ2v) is 30.4. The molecule has 90 heavy (non-hydrogen) atoms. The Bertz CT molecular complexity index is 1780. The van der Waals surface area contributed by atoms with Crippen LogP contribution in [0.5, 0.6) is 0 Å². The van der Waals surface area contributed by atoms with Gasteiger partial charge in [-0.05, 0) is 49.4 Å². The number of phosphoric acid groups is 2. The van der Waals surface area contributed by atoms with Crippen molar-refractivity contribution >= 4 is 39.5 Å². The van der Waals surface area contributed by atoms with Gasteiger partial charge in [-0.25, -0.2) is 9.13 Å². The molecule has 0 heterocycles. The maximum Gasteiger partial charge on any atom is 0.472 e. The lowest BCUT2D eigenvalue weighted by Gasteiger charge is -2.21. The Morgan fingerprint density at radius 2 is 0.467 bits per heavy atom. The van der Waals surface area contributed by atoms with Crippen LogP contribution < -0.4 is 0 Å². The van der Waals surface area contributed by atoms with Crippen LogP contribution >= 0.6 is 15.6 Å². The molecule has 0 bridgehead atoms. The summed E-state index contributed by atoms with van der Waals surface area (Å²) in [5.74, 6) is 0.852. The van der Waals surface area contributed by atoms with E-state index in [1.54, 1.807) is 0 Å². The van der Waals surface area contributed by atoms with E-state index >= 15 is 0 Å². The molecular formula is C71H138O17P2. The van der Waals surface area contributed by atoms with Gasteiger partial charge in [-0.15, -0.1) is 0 Å². The number of esters is 4. The Morgan fingerprint density at radius 1 is 0.278 bits per heavy atom. The third-order valence-electron chi connectivity index (χ3n) is 16.3. The number of carbonyl (C=O) groups is 4. The fourth-order valence-electron chi connectivity index (χ4n) is 10.7. The summed E-state index contributed by atoms with van der Waals surface area (Å²) in [5.41, 5.74) is 0. The Morgan fingerprint density at radius 3 is 0.689 bits per heavy atom. The molecule has 5 atom stereocenters. The zero-order chi connectivity index (χ0) is 66.8. The van der Waals surface area contributed by atoms with Crippen LogP contribution in [-0.4, -0.2) is 96.7 Å². The van der Waals surface area contributed by atoms with Gasteiger partial charge in [0.15, 0.2) is 12.2 Å². The fourth-order valence-corrected chi connectivity index (χ4v) is 12.2. The second-order valence-electron chi connectivity index (χ2n) is 27.5. The molecular weight excluding hydrogens is 1190 g/mol. The third kappa shape index (κ3) is 64.8. The number of ether oxygens (including phenoxy) is 4. The van der Waals surface area contributed by atoms with E-state index in [-0.39, 0.29) is 25.7 Å². The number of unbranched alkanes of at least 4 members (excludes halogenated alkanes) is 34. The van der Waals surface area contributed by atoms with Gasteiger partial charge in [-0.2, -0.15) is 0 Å². The van der Waals surface area contributed by atoms with E-state index < -0.39 is 97.5 Å². The first-order chi connectivity index (χ1) is 43.1. The highest BCUT2D eigenvalue weighted by Crippen LogP contribution is 2.45. The third-order valence-corrected chi connectivity index (χ3v) is 18.2. The molecule has 0 spiro atoms. The maximum absolute atomic E-state index is 13.0. The predicted octanol–water partition coefficient (Wildman–Crippen LogP) is 20.1. The monoisotopic (exact) mass is 1320 g/mol. The van der Waals surface area contributed by atoms with Gasteiger partial charge in [0.05, 0.1) is 26.4 Å². The molecule has 534 valence electrons. The predicted molar refractivity (Wildman–Crippen MR) is 363 cm³/mol. The summed E-state index contributed by atoms with van der Waals surface area (Å²) in [6, 6.07) is 0. The normalized spacial score (nSPS) is 14.3. The van der Waals surface area contributed by atoms with Crippen LogP contribution in [0.25, 0.3) is 0 Å². The number of aliphatic hydroxyl groups excluding tert-OH is 1.